The maximum absolute atomic E-state index is 11.9. The van der Waals surface area contributed by atoms with Gasteiger partial charge in [0, 0.05) is 31.1 Å². The largest absolute Gasteiger partial charge is 0.480 e. The molecule has 0 aliphatic carbocycles. The predicted octanol–water partition coefficient (Wildman–Crippen LogP) is 0.908. The van der Waals surface area contributed by atoms with Crippen LogP contribution in [-0.2, 0) is 4.79 Å². The van der Waals surface area contributed by atoms with Crippen LogP contribution in [0.1, 0.15) is 10.4 Å². The molecule has 1 aromatic rings. The van der Waals surface area contributed by atoms with Crippen molar-refractivity contribution in [3.8, 4) is 0 Å². The van der Waals surface area contributed by atoms with E-state index in [9.17, 15) is 9.59 Å². The Morgan fingerprint density at radius 2 is 1.89 bits per heavy atom. The Hall–Kier alpha value is -1.53. The van der Waals surface area contributed by atoms with E-state index in [4.69, 9.17) is 5.11 Å². The van der Waals surface area contributed by atoms with Gasteiger partial charge in [0.05, 0.1) is 6.54 Å². The lowest BCUT2D eigenvalue weighted by Crippen LogP contribution is -2.41. The van der Waals surface area contributed by atoms with Crippen molar-refractivity contribution in [3.63, 3.8) is 0 Å². The summed E-state index contributed by atoms with van der Waals surface area (Å²) in [5.41, 5.74) is 1.56. The van der Waals surface area contributed by atoms with Crippen molar-refractivity contribution in [1.29, 1.82) is 0 Å². The van der Waals surface area contributed by atoms with E-state index >= 15 is 0 Å². The van der Waals surface area contributed by atoms with E-state index in [0.717, 1.165) is 5.69 Å². The Kier molecular flexibility index (Phi) is 5.85. The van der Waals surface area contributed by atoms with Crippen molar-refractivity contribution >= 4 is 30.1 Å². The van der Waals surface area contributed by atoms with Crippen LogP contribution in [-0.4, -0.2) is 49.3 Å². The van der Waals surface area contributed by atoms with Gasteiger partial charge in [0.1, 0.15) is 6.04 Å². The molecule has 0 aliphatic rings. The molecule has 19 heavy (non-hydrogen) atoms. The number of carbonyl (C=O) groups excluding carboxylic acids is 1. The monoisotopic (exact) mass is 282 g/mol. The van der Waals surface area contributed by atoms with E-state index in [2.05, 4.69) is 17.9 Å². The first-order valence-electron chi connectivity index (χ1n) is 5.83. The van der Waals surface area contributed by atoms with Crippen molar-refractivity contribution in [1.82, 2.24) is 5.32 Å². The Bertz CT molecular complexity index is 446. The number of aliphatic carboxylic acids is 1. The molecule has 1 aromatic carbocycles. The van der Waals surface area contributed by atoms with Gasteiger partial charge in [-0.15, -0.1) is 0 Å². The number of benzene rings is 1. The van der Waals surface area contributed by atoms with E-state index in [1.165, 1.54) is 0 Å². The minimum atomic E-state index is -1.01. The van der Waals surface area contributed by atoms with Gasteiger partial charge in [0.2, 0.25) is 0 Å². The fourth-order valence-corrected chi connectivity index (χ4v) is 1.78. The Labute approximate surface area is 118 Å². The summed E-state index contributed by atoms with van der Waals surface area (Å²) < 4.78 is 0. The zero-order valence-electron chi connectivity index (χ0n) is 11.0. The first kappa shape index (κ1) is 15.5. The van der Waals surface area contributed by atoms with Gasteiger partial charge in [-0.25, -0.2) is 0 Å². The Morgan fingerprint density at radius 1 is 1.32 bits per heavy atom. The highest BCUT2D eigenvalue weighted by molar-refractivity contribution is 7.80. The highest BCUT2D eigenvalue weighted by Gasteiger charge is 2.16. The molecule has 0 bridgehead atoms. The average molecular weight is 282 g/mol. The van der Waals surface area contributed by atoms with Crippen molar-refractivity contribution in [2.45, 2.75) is 6.04 Å². The quantitative estimate of drug-likeness (QED) is 0.512. The number of Topliss-reactive ketones (excluding diaryl/α,β-unsaturated/α-hetero) is 1. The molecule has 0 amide bonds. The SMILES string of the molecule is CN(C)c1ccc(C(=O)CNC(CS)C(=O)O)cc1. The lowest BCUT2D eigenvalue weighted by atomic mass is 10.1. The number of carboxylic acid groups (broad SMARTS) is 1. The molecule has 1 atom stereocenters. The molecule has 0 saturated carbocycles. The second-order valence-corrected chi connectivity index (χ2v) is 4.68. The lowest BCUT2D eigenvalue weighted by Gasteiger charge is -2.13. The normalized spacial score (nSPS) is 11.9. The summed E-state index contributed by atoms with van der Waals surface area (Å²) in [6.45, 7) is -0.0150. The number of ketones is 1. The molecule has 0 aliphatic heterocycles. The van der Waals surface area contributed by atoms with E-state index in [0.29, 0.717) is 5.56 Å². The molecule has 6 heteroatoms. The maximum Gasteiger partial charge on any atom is 0.321 e. The maximum atomic E-state index is 11.9. The molecule has 0 saturated heterocycles. The highest BCUT2D eigenvalue weighted by atomic mass is 32.1. The van der Waals surface area contributed by atoms with Gasteiger partial charge in [-0.1, -0.05) is 0 Å². The number of carboxylic acids is 1. The zero-order valence-corrected chi connectivity index (χ0v) is 11.9. The molecular weight excluding hydrogens is 264 g/mol. The molecule has 0 radical (unpaired) electrons. The highest BCUT2D eigenvalue weighted by Crippen LogP contribution is 2.12. The number of rotatable bonds is 7. The molecule has 2 N–H and O–H groups in total. The van der Waals surface area contributed by atoms with Crippen molar-refractivity contribution in [2.75, 3.05) is 31.3 Å². The number of anilines is 1. The Morgan fingerprint density at radius 3 is 2.32 bits per heavy atom. The van der Waals surface area contributed by atoms with Crippen LogP contribution in [0, 0.1) is 0 Å². The third kappa shape index (κ3) is 4.57. The Balaban J connectivity index is 2.61. The van der Waals surface area contributed by atoms with E-state index in [-0.39, 0.29) is 18.1 Å². The van der Waals surface area contributed by atoms with Gasteiger partial charge in [0.15, 0.2) is 5.78 Å². The number of hydrogen-bond donors (Lipinski definition) is 3. The number of hydrogen-bond acceptors (Lipinski definition) is 5. The summed E-state index contributed by atoms with van der Waals surface area (Å²) in [4.78, 5) is 24.6. The van der Waals surface area contributed by atoms with Gasteiger partial charge in [-0.2, -0.15) is 12.6 Å². The third-order valence-corrected chi connectivity index (χ3v) is 3.06. The molecule has 0 fully saturated rings. The molecule has 0 aromatic heterocycles. The number of nitrogens with zero attached hydrogens (tertiary/aromatic N) is 1. The summed E-state index contributed by atoms with van der Waals surface area (Å²) in [7, 11) is 3.84. The molecule has 0 spiro atoms. The van der Waals surface area contributed by atoms with Gasteiger partial charge >= 0.3 is 5.97 Å². The molecule has 5 nitrogen and oxygen atoms in total. The van der Waals surface area contributed by atoms with Gasteiger partial charge in [-0.05, 0) is 24.3 Å². The van der Waals surface area contributed by atoms with Crippen LogP contribution in [0.4, 0.5) is 5.69 Å². The van der Waals surface area contributed by atoms with Crippen LogP contribution < -0.4 is 10.2 Å². The molecule has 1 rings (SSSR count). The van der Waals surface area contributed by atoms with Crippen LogP contribution in [0.5, 0.6) is 0 Å². The van der Waals surface area contributed by atoms with Crippen LogP contribution in [0.15, 0.2) is 24.3 Å². The standard InChI is InChI=1S/C13H18N2O3S/c1-15(2)10-5-3-9(4-6-10)12(16)7-14-11(8-19)13(17)18/h3-6,11,14,19H,7-8H2,1-2H3,(H,17,18). The number of nitrogens with one attached hydrogen (secondary N) is 1. The number of thiol groups is 1. The van der Waals surface area contributed by atoms with Crippen LogP contribution in [0.25, 0.3) is 0 Å². The average Bonchev–Trinajstić information content (AvgIpc) is 2.38. The summed E-state index contributed by atoms with van der Waals surface area (Å²) >= 11 is 3.92. The van der Waals surface area contributed by atoms with Gasteiger partial charge in [-0.3, -0.25) is 14.9 Å². The van der Waals surface area contributed by atoms with E-state index in [1.807, 2.05) is 31.1 Å². The molecule has 104 valence electrons. The topological polar surface area (TPSA) is 69.6 Å². The van der Waals surface area contributed by atoms with Gasteiger partial charge < -0.3 is 10.0 Å². The molecule has 1 unspecified atom stereocenters. The van der Waals surface area contributed by atoms with Gasteiger partial charge in [0.25, 0.3) is 0 Å². The van der Waals surface area contributed by atoms with Crippen LogP contribution in [0.3, 0.4) is 0 Å². The van der Waals surface area contributed by atoms with Crippen molar-refractivity contribution in [3.05, 3.63) is 29.8 Å². The third-order valence-electron chi connectivity index (χ3n) is 2.70. The minimum Gasteiger partial charge on any atom is -0.480 e. The summed E-state index contributed by atoms with van der Waals surface area (Å²) in [5, 5.41) is 11.5. The summed E-state index contributed by atoms with van der Waals surface area (Å²) in [5.74, 6) is -1.01. The summed E-state index contributed by atoms with van der Waals surface area (Å²) in [6.07, 6.45) is 0. The first-order valence-corrected chi connectivity index (χ1v) is 6.46. The number of carbonyl (C=O) groups is 2. The van der Waals surface area contributed by atoms with Crippen LogP contribution in [0.2, 0.25) is 0 Å². The fourth-order valence-electron chi connectivity index (χ4n) is 1.49. The molecular formula is C13H18N2O3S. The molecule has 0 heterocycles. The van der Waals surface area contributed by atoms with E-state index in [1.54, 1.807) is 12.1 Å². The zero-order chi connectivity index (χ0) is 14.4. The lowest BCUT2D eigenvalue weighted by molar-refractivity contribution is -0.138. The second kappa shape index (κ2) is 7.16. The summed E-state index contributed by atoms with van der Waals surface area (Å²) in [6, 6.07) is 6.35. The minimum absolute atomic E-state index is 0.0150. The fraction of sp³-hybridized carbons (Fsp3) is 0.385. The predicted molar refractivity (Wildman–Crippen MR) is 78.4 cm³/mol. The van der Waals surface area contributed by atoms with Crippen molar-refractivity contribution < 1.29 is 14.7 Å². The smallest absolute Gasteiger partial charge is 0.321 e. The second-order valence-electron chi connectivity index (χ2n) is 4.32. The van der Waals surface area contributed by atoms with Crippen molar-refractivity contribution in [2.24, 2.45) is 0 Å². The van der Waals surface area contributed by atoms with E-state index < -0.39 is 12.0 Å². The first-order chi connectivity index (χ1) is 8.95. The van der Waals surface area contributed by atoms with Crippen LogP contribution >= 0.6 is 12.6 Å².